The third-order valence-corrected chi connectivity index (χ3v) is 6.01. The second kappa shape index (κ2) is 13.1. The van der Waals surface area contributed by atoms with Crippen molar-refractivity contribution in [2.45, 2.75) is 44.9 Å². The highest BCUT2D eigenvalue weighted by molar-refractivity contribution is 5.69. The number of aldehydes is 1. The first-order valence-corrected chi connectivity index (χ1v) is 11.5. The van der Waals surface area contributed by atoms with E-state index in [-0.39, 0.29) is 11.8 Å². The predicted molar refractivity (Wildman–Crippen MR) is 132 cm³/mol. The molecule has 0 unspecified atom stereocenters. The van der Waals surface area contributed by atoms with Crippen LogP contribution < -0.4 is 18.9 Å². The average molecular weight is 458 g/mol. The maximum Gasteiger partial charge on any atom is 0.203 e. The molecule has 0 spiro atoms. The van der Waals surface area contributed by atoms with Gasteiger partial charge in [0.1, 0.15) is 12.0 Å². The molecule has 33 heavy (non-hydrogen) atoms. The molecule has 6 nitrogen and oxygen atoms in total. The van der Waals surface area contributed by atoms with Crippen molar-refractivity contribution in [3.8, 4) is 23.0 Å². The van der Waals surface area contributed by atoms with E-state index in [1.807, 2.05) is 18.2 Å². The normalized spacial score (nSPS) is 12.0. The predicted octanol–water partition coefficient (Wildman–Crippen LogP) is 5.08. The first-order chi connectivity index (χ1) is 15.9. The summed E-state index contributed by atoms with van der Waals surface area (Å²) in [6.45, 7) is 6.05. The molecule has 0 aliphatic carbocycles. The van der Waals surface area contributed by atoms with Gasteiger partial charge in [0.25, 0.3) is 0 Å². The summed E-state index contributed by atoms with van der Waals surface area (Å²) in [4.78, 5) is 14.4. The van der Waals surface area contributed by atoms with Crippen molar-refractivity contribution in [1.29, 1.82) is 0 Å². The maximum absolute atomic E-state index is 12.1. The number of methoxy groups -OCH3 is 4. The van der Waals surface area contributed by atoms with Crippen LogP contribution in [0.3, 0.4) is 0 Å². The molecule has 0 saturated heterocycles. The van der Waals surface area contributed by atoms with Gasteiger partial charge in [-0.25, -0.2) is 0 Å². The Morgan fingerprint density at radius 2 is 1.67 bits per heavy atom. The molecule has 0 aliphatic rings. The van der Waals surface area contributed by atoms with Crippen LogP contribution in [0.15, 0.2) is 30.3 Å². The van der Waals surface area contributed by atoms with Gasteiger partial charge in [0, 0.05) is 18.0 Å². The summed E-state index contributed by atoms with van der Waals surface area (Å²) in [5.41, 5.74) is 3.21. The van der Waals surface area contributed by atoms with Gasteiger partial charge in [-0.05, 0) is 68.1 Å². The molecule has 1 atom stereocenters. The van der Waals surface area contributed by atoms with Crippen LogP contribution in [0.5, 0.6) is 23.0 Å². The number of likely N-dealkylation sites (N-methyl/N-ethyl adjacent to an activating group) is 1. The molecule has 182 valence electrons. The van der Waals surface area contributed by atoms with Gasteiger partial charge in [0.15, 0.2) is 11.5 Å². The maximum atomic E-state index is 12.1. The van der Waals surface area contributed by atoms with Crippen molar-refractivity contribution in [3.05, 3.63) is 47.0 Å². The first-order valence-electron chi connectivity index (χ1n) is 11.5. The van der Waals surface area contributed by atoms with Gasteiger partial charge in [-0.1, -0.05) is 26.0 Å². The minimum atomic E-state index is -0.233. The van der Waals surface area contributed by atoms with E-state index in [1.165, 1.54) is 5.56 Å². The zero-order valence-electron chi connectivity index (χ0n) is 21.1. The molecule has 0 saturated carbocycles. The van der Waals surface area contributed by atoms with Crippen molar-refractivity contribution >= 4 is 6.29 Å². The Morgan fingerprint density at radius 1 is 0.939 bits per heavy atom. The van der Waals surface area contributed by atoms with E-state index in [0.717, 1.165) is 55.5 Å². The second-order valence-electron chi connectivity index (χ2n) is 8.59. The Labute approximate surface area is 198 Å². The van der Waals surface area contributed by atoms with Crippen LogP contribution in [-0.4, -0.2) is 59.8 Å². The van der Waals surface area contributed by atoms with E-state index in [9.17, 15) is 4.79 Å². The fourth-order valence-electron chi connectivity index (χ4n) is 4.24. The highest BCUT2D eigenvalue weighted by atomic mass is 16.5. The largest absolute Gasteiger partial charge is 0.497 e. The first kappa shape index (κ1) is 26.5. The van der Waals surface area contributed by atoms with Gasteiger partial charge in [-0.2, -0.15) is 0 Å². The van der Waals surface area contributed by atoms with Crippen LogP contribution in [0.4, 0.5) is 0 Å². The minimum Gasteiger partial charge on any atom is -0.497 e. The number of ether oxygens (including phenoxy) is 4. The number of carbonyl (C=O) groups excluding carboxylic acids is 1. The molecule has 0 amide bonds. The minimum absolute atomic E-state index is 0.169. The number of rotatable bonds is 14. The fourth-order valence-corrected chi connectivity index (χ4v) is 4.24. The molecular weight excluding hydrogens is 418 g/mol. The van der Waals surface area contributed by atoms with Crippen LogP contribution in [0, 0.1) is 0 Å². The molecule has 0 N–H and O–H groups in total. The second-order valence-corrected chi connectivity index (χ2v) is 8.59. The molecule has 0 radical (unpaired) electrons. The van der Waals surface area contributed by atoms with Crippen LogP contribution in [-0.2, 0) is 11.2 Å². The summed E-state index contributed by atoms with van der Waals surface area (Å²) in [5, 5.41) is 0. The third-order valence-electron chi connectivity index (χ3n) is 6.01. The molecule has 6 heteroatoms. The molecule has 0 aromatic heterocycles. The Balaban J connectivity index is 2.08. The van der Waals surface area contributed by atoms with Crippen LogP contribution in [0.1, 0.15) is 55.2 Å². The van der Waals surface area contributed by atoms with Gasteiger partial charge >= 0.3 is 0 Å². The topological polar surface area (TPSA) is 57.2 Å². The summed E-state index contributed by atoms with van der Waals surface area (Å²) in [7, 11) is 8.63. The lowest BCUT2D eigenvalue weighted by Crippen LogP contribution is -2.23. The SMILES string of the molecule is COc1cccc(CCN(C)CCC[C@H](C=O)c2cc(OC)c(OC)c(OC)c2C(C)C)c1. The van der Waals surface area contributed by atoms with Gasteiger partial charge in [0.2, 0.25) is 5.75 Å². The summed E-state index contributed by atoms with van der Waals surface area (Å²) in [6.07, 6.45) is 3.66. The number of benzene rings is 2. The Bertz CT molecular complexity index is 896. The molecule has 0 aliphatic heterocycles. The van der Waals surface area contributed by atoms with Gasteiger partial charge in [-0.3, -0.25) is 0 Å². The quantitative estimate of drug-likeness (QED) is 0.369. The van der Waals surface area contributed by atoms with Crippen LogP contribution >= 0.6 is 0 Å². The smallest absolute Gasteiger partial charge is 0.203 e. The molecule has 0 heterocycles. The molecule has 0 fully saturated rings. The number of hydrogen-bond acceptors (Lipinski definition) is 6. The van der Waals surface area contributed by atoms with E-state index < -0.39 is 0 Å². The monoisotopic (exact) mass is 457 g/mol. The van der Waals surface area contributed by atoms with Crippen molar-refractivity contribution < 1.29 is 23.7 Å². The summed E-state index contributed by atoms with van der Waals surface area (Å²) >= 11 is 0. The van der Waals surface area contributed by atoms with Crippen molar-refractivity contribution in [2.75, 3.05) is 48.6 Å². The lowest BCUT2D eigenvalue weighted by atomic mass is 9.85. The molecule has 2 aromatic rings. The van der Waals surface area contributed by atoms with Gasteiger partial charge < -0.3 is 28.6 Å². The lowest BCUT2D eigenvalue weighted by Gasteiger charge is -2.25. The zero-order valence-corrected chi connectivity index (χ0v) is 21.1. The van der Waals surface area contributed by atoms with Crippen molar-refractivity contribution in [3.63, 3.8) is 0 Å². The standard InChI is InChI=1S/C27H39NO5/c1-19(2)25-23(17-24(31-5)26(32-6)27(25)33-7)21(18-29)11-9-14-28(3)15-13-20-10-8-12-22(16-20)30-4/h8,10,12,16-19,21H,9,11,13-15H2,1-7H3/t21-/m1/s1. The van der Waals surface area contributed by atoms with Crippen LogP contribution in [0.25, 0.3) is 0 Å². The molecule has 2 aromatic carbocycles. The molecule has 2 rings (SSSR count). The molecule has 0 bridgehead atoms. The fraction of sp³-hybridized carbons (Fsp3) is 0.519. The highest BCUT2D eigenvalue weighted by Gasteiger charge is 2.26. The van der Waals surface area contributed by atoms with Crippen molar-refractivity contribution in [2.24, 2.45) is 0 Å². The van der Waals surface area contributed by atoms with Gasteiger partial charge in [0.05, 0.1) is 28.4 Å². The third kappa shape index (κ3) is 6.87. The Morgan fingerprint density at radius 3 is 2.24 bits per heavy atom. The Kier molecular flexibility index (Phi) is 10.5. The van der Waals surface area contributed by atoms with E-state index in [4.69, 9.17) is 18.9 Å². The van der Waals surface area contributed by atoms with E-state index in [2.05, 4.69) is 37.9 Å². The lowest BCUT2D eigenvalue weighted by molar-refractivity contribution is -0.109. The summed E-state index contributed by atoms with van der Waals surface area (Å²) < 4.78 is 22.1. The molecular formula is C27H39NO5. The van der Waals surface area contributed by atoms with Gasteiger partial charge in [-0.15, -0.1) is 0 Å². The highest BCUT2D eigenvalue weighted by Crippen LogP contribution is 2.47. The van der Waals surface area contributed by atoms with E-state index >= 15 is 0 Å². The van der Waals surface area contributed by atoms with Crippen LogP contribution in [0.2, 0.25) is 0 Å². The van der Waals surface area contributed by atoms with Crippen molar-refractivity contribution in [1.82, 2.24) is 4.90 Å². The number of carbonyl (C=O) groups is 1. The Hall–Kier alpha value is -2.73. The number of hydrogen-bond donors (Lipinski definition) is 0. The van der Waals surface area contributed by atoms with E-state index in [0.29, 0.717) is 17.2 Å². The summed E-state index contributed by atoms with van der Waals surface area (Å²) in [6, 6.07) is 10.1. The number of nitrogens with zero attached hydrogens (tertiary/aromatic N) is 1. The zero-order chi connectivity index (χ0) is 24.4. The van der Waals surface area contributed by atoms with E-state index in [1.54, 1.807) is 28.4 Å². The average Bonchev–Trinajstić information content (AvgIpc) is 2.83. The summed E-state index contributed by atoms with van der Waals surface area (Å²) in [5.74, 6) is 2.61.